The average molecular weight is 582 g/mol. The highest BCUT2D eigenvalue weighted by Crippen LogP contribution is 2.30. The number of carbonyl (C=O) groups is 2. The van der Waals surface area contributed by atoms with E-state index in [1.54, 1.807) is 36.4 Å². The molecule has 218 valence electrons. The van der Waals surface area contributed by atoms with Gasteiger partial charge in [-0.15, -0.1) is 0 Å². The number of ether oxygens (including phenoxy) is 1. The van der Waals surface area contributed by atoms with Crippen molar-refractivity contribution in [3.8, 4) is 5.75 Å². The quantitative estimate of drug-likeness (QED) is 0.344. The van der Waals surface area contributed by atoms with Crippen molar-refractivity contribution in [3.05, 3.63) is 95.8 Å². The van der Waals surface area contributed by atoms with Gasteiger partial charge in [0.1, 0.15) is 24.2 Å². The number of hydrogen-bond donors (Lipinski definition) is 1. The topological polar surface area (TPSA) is 96.0 Å². The van der Waals surface area contributed by atoms with E-state index in [0.29, 0.717) is 5.56 Å². The second-order valence-corrected chi connectivity index (χ2v) is 12.2. The summed E-state index contributed by atoms with van der Waals surface area (Å²) >= 11 is 0. The fourth-order valence-electron chi connectivity index (χ4n) is 5.14. The van der Waals surface area contributed by atoms with E-state index < -0.39 is 34.3 Å². The summed E-state index contributed by atoms with van der Waals surface area (Å²) in [6, 6.07) is 20.7. The summed E-state index contributed by atoms with van der Waals surface area (Å²) in [6.07, 6.45) is 5.02. The molecule has 3 aromatic rings. The van der Waals surface area contributed by atoms with Crippen LogP contribution in [0, 0.1) is 5.82 Å². The lowest BCUT2D eigenvalue weighted by atomic mass is 10.0. The highest BCUT2D eigenvalue weighted by atomic mass is 32.2. The van der Waals surface area contributed by atoms with Crippen molar-refractivity contribution in [1.82, 2.24) is 10.2 Å². The molecular weight excluding hydrogens is 545 g/mol. The Bertz CT molecular complexity index is 1430. The maximum absolute atomic E-state index is 14.1. The SMILES string of the molecule is COc1ccccc1N(CC(=O)N(Cc1ccc(F)cc1)C(Cc1ccccc1)C(=O)NC1CCCC1)S(C)(=O)=O. The number of carbonyl (C=O) groups excluding carboxylic acids is 2. The Labute approximate surface area is 241 Å². The summed E-state index contributed by atoms with van der Waals surface area (Å²) in [4.78, 5) is 29.4. The number of benzene rings is 3. The molecule has 1 fully saturated rings. The van der Waals surface area contributed by atoms with Gasteiger partial charge in [0.2, 0.25) is 21.8 Å². The lowest BCUT2D eigenvalue weighted by Crippen LogP contribution is -2.54. The van der Waals surface area contributed by atoms with Crippen molar-refractivity contribution < 1.29 is 27.1 Å². The van der Waals surface area contributed by atoms with E-state index in [9.17, 15) is 22.4 Å². The zero-order valence-corrected chi connectivity index (χ0v) is 24.1. The van der Waals surface area contributed by atoms with Crippen LogP contribution in [0.4, 0.5) is 10.1 Å². The van der Waals surface area contributed by atoms with Gasteiger partial charge in [0, 0.05) is 19.0 Å². The number of hydrogen-bond acceptors (Lipinski definition) is 5. The minimum absolute atomic E-state index is 0.0156. The Morgan fingerprint density at radius 2 is 1.59 bits per heavy atom. The smallest absolute Gasteiger partial charge is 0.244 e. The van der Waals surface area contributed by atoms with Gasteiger partial charge in [-0.25, -0.2) is 12.8 Å². The fourth-order valence-corrected chi connectivity index (χ4v) is 5.99. The minimum atomic E-state index is -3.93. The molecule has 1 N–H and O–H groups in total. The minimum Gasteiger partial charge on any atom is -0.495 e. The molecule has 0 bridgehead atoms. The second-order valence-electron chi connectivity index (χ2n) is 10.3. The molecule has 1 saturated carbocycles. The molecule has 1 unspecified atom stereocenters. The van der Waals surface area contributed by atoms with E-state index in [1.165, 1.54) is 24.1 Å². The van der Waals surface area contributed by atoms with Crippen LogP contribution in [-0.2, 0) is 32.6 Å². The molecule has 0 heterocycles. The van der Waals surface area contributed by atoms with E-state index in [4.69, 9.17) is 4.74 Å². The zero-order valence-electron chi connectivity index (χ0n) is 23.3. The lowest BCUT2D eigenvalue weighted by molar-refractivity contribution is -0.140. The first-order valence-corrected chi connectivity index (χ1v) is 15.5. The van der Waals surface area contributed by atoms with Gasteiger partial charge >= 0.3 is 0 Å². The summed E-state index contributed by atoms with van der Waals surface area (Å²) < 4.78 is 46.0. The number of rotatable bonds is 12. The van der Waals surface area contributed by atoms with Crippen LogP contribution < -0.4 is 14.4 Å². The third-order valence-electron chi connectivity index (χ3n) is 7.27. The number of methoxy groups -OCH3 is 1. The Morgan fingerprint density at radius 3 is 2.22 bits per heavy atom. The number of anilines is 1. The molecule has 0 spiro atoms. The summed E-state index contributed by atoms with van der Waals surface area (Å²) in [7, 11) is -2.50. The van der Waals surface area contributed by atoms with Crippen LogP contribution in [-0.4, -0.2) is 57.1 Å². The molecule has 1 aliphatic rings. The van der Waals surface area contributed by atoms with Crippen LogP contribution in [0.15, 0.2) is 78.9 Å². The van der Waals surface area contributed by atoms with Gasteiger partial charge in [-0.3, -0.25) is 13.9 Å². The van der Waals surface area contributed by atoms with Crippen LogP contribution >= 0.6 is 0 Å². The van der Waals surface area contributed by atoms with Crippen LogP contribution in [0.1, 0.15) is 36.8 Å². The molecule has 0 aromatic heterocycles. The molecule has 10 heteroatoms. The molecule has 3 aromatic carbocycles. The number of halogens is 1. The van der Waals surface area contributed by atoms with Gasteiger partial charge in [-0.1, -0.05) is 67.4 Å². The first kappa shape index (κ1) is 30.0. The van der Waals surface area contributed by atoms with Crippen molar-refractivity contribution in [1.29, 1.82) is 0 Å². The lowest BCUT2D eigenvalue weighted by Gasteiger charge is -2.34. The highest BCUT2D eigenvalue weighted by molar-refractivity contribution is 7.92. The third-order valence-corrected chi connectivity index (χ3v) is 8.40. The standard InChI is InChI=1S/C31H36FN3O5S/c1-40-29-15-9-8-14-27(29)35(41(2,38)39)22-30(36)34(21-24-16-18-25(32)19-17-24)28(20-23-10-4-3-5-11-23)31(37)33-26-12-6-7-13-26/h3-5,8-11,14-19,26,28H,6-7,12-13,20-22H2,1-2H3,(H,33,37). The molecule has 0 radical (unpaired) electrons. The predicted molar refractivity (Wildman–Crippen MR) is 156 cm³/mol. The van der Waals surface area contributed by atoms with Gasteiger partial charge in [-0.05, 0) is 48.2 Å². The van der Waals surface area contributed by atoms with Crippen LogP contribution in [0.3, 0.4) is 0 Å². The van der Waals surface area contributed by atoms with Crippen LogP contribution in [0.5, 0.6) is 5.75 Å². The first-order chi connectivity index (χ1) is 19.7. The summed E-state index contributed by atoms with van der Waals surface area (Å²) in [5.41, 5.74) is 1.66. The highest BCUT2D eigenvalue weighted by Gasteiger charge is 2.34. The number of nitrogens with zero attached hydrogens (tertiary/aromatic N) is 2. The largest absolute Gasteiger partial charge is 0.495 e. The monoisotopic (exact) mass is 581 g/mol. The molecular formula is C31H36FN3O5S. The third kappa shape index (κ3) is 8.07. The second kappa shape index (κ2) is 13.6. The van der Waals surface area contributed by atoms with Crippen molar-refractivity contribution in [2.75, 3.05) is 24.2 Å². The molecule has 1 atom stereocenters. The van der Waals surface area contributed by atoms with Crippen LogP contribution in [0.25, 0.3) is 0 Å². The van der Waals surface area contributed by atoms with E-state index >= 15 is 0 Å². The van der Waals surface area contributed by atoms with Gasteiger partial charge in [0.15, 0.2) is 0 Å². The zero-order chi connectivity index (χ0) is 29.4. The number of nitrogens with one attached hydrogen (secondary N) is 1. The van der Waals surface area contributed by atoms with E-state index in [0.717, 1.165) is 41.8 Å². The number of amides is 2. The van der Waals surface area contributed by atoms with E-state index in [2.05, 4.69) is 5.32 Å². The van der Waals surface area contributed by atoms with Crippen molar-refractivity contribution in [2.45, 2.75) is 50.7 Å². The fraction of sp³-hybridized carbons (Fsp3) is 0.355. The Morgan fingerprint density at radius 1 is 0.951 bits per heavy atom. The van der Waals surface area contributed by atoms with Crippen LogP contribution in [0.2, 0.25) is 0 Å². The Balaban J connectivity index is 1.73. The first-order valence-electron chi connectivity index (χ1n) is 13.6. The Hall–Kier alpha value is -3.92. The maximum atomic E-state index is 14.1. The average Bonchev–Trinajstić information content (AvgIpc) is 3.47. The number of sulfonamides is 1. The van der Waals surface area contributed by atoms with Crippen molar-refractivity contribution in [3.63, 3.8) is 0 Å². The summed E-state index contributed by atoms with van der Waals surface area (Å²) in [5.74, 6) is -1.02. The summed E-state index contributed by atoms with van der Waals surface area (Å²) in [5, 5.41) is 3.12. The van der Waals surface area contributed by atoms with E-state index in [1.807, 2.05) is 30.3 Å². The predicted octanol–water partition coefficient (Wildman–Crippen LogP) is 4.30. The van der Waals surface area contributed by atoms with Crippen molar-refractivity contribution in [2.24, 2.45) is 0 Å². The molecule has 41 heavy (non-hydrogen) atoms. The Kier molecular flexibility index (Phi) is 9.99. The van der Waals surface area contributed by atoms with Gasteiger partial charge in [0.05, 0.1) is 19.1 Å². The molecule has 1 aliphatic carbocycles. The maximum Gasteiger partial charge on any atom is 0.244 e. The molecule has 8 nitrogen and oxygen atoms in total. The molecule has 0 saturated heterocycles. The molecule has 0 aliphatic heterocycles. The van der Waals surface area contributed by atoms with E-state index in [-0.39, 0.29) is 36.4 Å². The van der Waals surface area contributed by atoms with Gasteiger partial charge in [-0.2, -0.15) is 0 Å². The van der Waals surface area contributed by atoms with Crippen molar-refractivity contribution >= 4 is 27.5 Å². The molecule has 2 amide bonds. The normalized spacial score (nSPS) is 14.3. The molecule has 4 rings (SSSR count). The van der Waals surface area contributed by atoms with Gasteiger partial charge < -0.3 is 15.0 Å². The van der Waals surface area contributed by atoms with Gasteiger partial charge in [0.25, 0.3) is 0 Å². The number of para-hydroxylation sites is 2. The summed E-state index contributed by atoms with van der Waals surface area (Å²) in [6.45, 7) is -0.569.